The fourth-order valence-corrected chi connectivity index (χ4v) is 4.58. The summed E-state index contributed by atoms with van der Waals surface area (Å²) in [5, 5.41) is 8.38. The number of hydrogen-bond donors (Lipinski definition) is 1. The number of benzene rings is 1. The zero-order chi connectivity index (χ0) is 17.1. The normalized spacial score (nSPS) is 20.4. The van der Waals surface area contributed by atoms with Gasteiger partial charge in [-0.05, 0) is 50.2 Å². The van der Waals surface area contributed by atoms with Gasteiger partial charge in [0, 0.05) is 17.3 Å². The Kier molecular flexibility index (Phi) is 4.78. The lowest BCUT2D eigenvalue weighted by atomic mass is 9.73. The summed E-state index contributed by atoms with van der Waals surface area (Å²) in [4.78, 5) is 0. The quantitative estimate of drug-likeness (QED) is 0.788. The van der Waals surface area contributed by atoms with E-state index in [1.807, 2.05) is 17.7 Å². The van der Waals surface area contributed by atoms with E-state index in [4.69, 9.17) is 5.10 Å². The highest BCUT2D eigenvalue weighted by atomic mass is 15.3. The number of hydrogen-bond acceptors (Lipinski definition) is 2. The fraction of sp³-hybridized carbons (Fsp3) is 0.500. The molecule has 4 rings (SSSR count). The van der Waals surface area contributed by atoms with E-state index in [1.54, 1.807) is 0 Å². The Labute approximate surface area is 150 Å². The first-order valence-corrected chi connectivity index (χ1v) is 9.70. The summed E-state index contributed by atoms with van der Waals surface area (Å²) >= 11 is 0. The third kappa shape index (κ3) is 3.44. The highest BCUT2D eigenvalue weighted by Gasteiger charge is 2.31. The predicted molar refractivity (Wildman–Crippen MR) is 103 cm³/mol. The van der Waals surface area contributed by atoms with Gasteiger partial charge in [-0.3, -0.25) is 0 Å². The number of rotatable bonds is 3. The van der Waals surface area contributed by atoms with Gasteiger partial charge in [-0.25, -0.2) is 0 Å². The molecular weight excluding hydrogens is 306 g/mol. The third-order valence-electron chi connectivity index (χ3n) is 5.86. The maximum Gasteiger partial charge on any atom is 0.146 e. The Balaban J connectivity index is 1.63. The molecule has 0 radical (unpaired) electrons. The average molecular weight is 333 g/mol. The Hall–Kier alpha value is -2.21. The van der Waals surface area contributed by atoms with Gasteiger partial charge in [-0.2, -0.15) is 9.78 Å². The highest BCUT2D eigenvalue weighted by molar-refractivity contribution is 5.62. The van der Waals surface area contributed by atoms with E-state index in [-0.39, 0.29) is 0 Å². The van der Waals surface area contributed by atoms with Crippen LogP contribution in [-0.4, -0.2) is 9.78 Å². The lowest BCUT2D eigenvalue weighted by Gasteiger charge is -2.32. The first kappa shape index (κ1) is 16.3. The number of para-hydroxylation sites is 1. The molecule has 1 fully saturated rings. The second-order valence-corrected chi connectivity index (χ2v) is 7.44. The van der Waals surface area contributed by atoms with Crippen LogP contribution in [0.2, 0.25) is 0 Å². The molecule has 0 amide bonds. The minimum atomic E-state index is 0.816. The maximum absolute atomic E-state index is 4.80. The highest BCUT2D eigenvalue weighted by Crippen LogP contribution is 2.40. The smallest absolute Gasteiger partial charge is 0.146 e. The van der Waals surface area contributed by atoms with Gasteiger partial charge >= 0.3 is 0 Å². The first-order chi connectivity index (χ1) is 12.3. The standard InChI is InChI=1S/C22H27N3/c1-2-15-25-22(23-19-11-7-4-8-12-19)20-16-18(13-14-21(20)24-25)17-9-5-3-6-10-17/h4,7-8,11-12,17-18,23H,3,5-6,9-10,13-14,16H2,1H3. The van der Waals surface area contributed by atoms with Gasteiger partial charge in [0.1, 0.15) is 5.82 Å². The minimum Gasteiger partial charge on any atom is -0.339 e. The van der Waals surface area contributed by atoms with Gasteiger partial charge in [0.2, 0.25) is 0 Å². The van der Waals surface area contributed by atoms with E-state index in [0.29, 0.717) is 0 Å². The van der Waals surface area contributed by atoms with Gasteiger partial charge in [0.25, 0.3) is 0 Å². The molecule has 2 aliphatic rings. The van der Waals surface area contributed by atoms with Crippen molar-refractivity contribution in [1.29, 1.82) is 0 Å². The Bertz CT molecular complexity index is 773. The van der Waals surface area contributed by atoms with Crippen LogP contribution in [0.15, 0.2) is 30.3 Å². The van der Waals surface area contributed by atoms with E-state index in [2.05, 4.69) is 41.5 Å². The summed E-state index contributed by atoms with van der Waals surface area (Å²) in [5.74, 6) is 5.81. The van der Waals surface area contributed by atoms with Crippen molar-refractivity contribution < 1.29 is 0 Å². The Morgan fingerprint density at radius 2 is 1.84 bits per heavy atom. The lowest BCUT2D eigenvalue weighted by molar-refractivity contribution is 0.227. The molecule has 0 bridgehead atoms. The van der Waals surface area contributed by atoms with Crippen LogP contribution in [0, 0.1) is 23.8 Å². The van der Waals surface area contributed by atoms with E-state index in [0.717, 1.165) is 36.2 Å². The van der Waals surface area contributed by atoms with E-state index >= 15 is 0 Å². The van der Waals surface area contributed by atoms with Crippen LogP contribution in [0.4, 0.5) is 11.5 Å². The van der Waals surface area contributed by atoms with Crippen LogP contribution in [0.5, 0.6) is 0 Å². The topological polar surface area (TPSA) is 29.9 Å². The van der Waals surface area contributed by atoms with Gasteiger partial charge in [-0.1, -0.05) is 56.2 Å². The van der Waals surface area contributed by atoms with Crippen LogP contribution < -0.4 is 5.32 Å². The number of aromatic nitrogens is 2. The summed E-state index contributed by atoms with van der Waals surface area (Å²) in [6.45, 7) is 1.87. The van der Waals surface area contributed by atoms with Crippen LogP contribution in [-0.2, 0) is 12.8 Å². The largest absolute Gasteiger partial charge is 0.339 e. The molecule has 0 spiro atoms. The molecule has 1 heterocycles. The van der Waals surface area contributed by atoms with Crippen molar-refractivity contribution in [2.24, 2.45) is 11.8 Å². The van der Waals surface area contributed by atoms with Crippen LogP contribution in [0.3, 0.4) is 0 Å². The predicted octanol–water partition coefficient (Wildman–Crippen LogP) is 5.14. The SMILES string of the molecule is CC#Cn1nc2c(c1Nc1ccccc1)CC(C1CCCCC1)CC2. The summed E-state index contributed by atoms with van der Waals surface area (Å²) in [5.41, 5.74) is 3.74. The number of aryl methyl sites for hydroxylation is 1. The molecule has 0 saturated heterocycles. The van der Waals surface area contributed by atoms with Crippen molar-refractivity contribution in [3.8, 4) is 12.0 Å². The maximum atomic E-state index is 4.80. The summed E-state index contributed by atoms with van der Waals surface area (Å²) in [6.07, 6.45) is 10.7. The number of nitrogens with one attached hydrogen (secondary N) is 1. The zero-order valence-electron chi connectivity index (χ0n) is 15.1. The van der Waals surface area contributed by atoms with Crippen molar-refractivity contribution in [2.75, 3.05) is 5.32 Å². The monoisotopic (exact) mass is 333 g/mol. The minimum absolute atomic E-state index is 0.816. The van der Waals surface area contributed by atoms with Crippen molar-refractivity contribution in [1.82, 2.24) is 9.78 Å². The molecule has 1 N–H and O–H groups in total. The van der Waals surface area contributed by atoms with Gasteiger partial charge in [-0.15, -0.1) is 0 Å². The number of nitrogens with zero attached hydrogens (tertiary/aromatic N) is 2. The summed E-state index contributed by atoms with van der Waals surface area (Å²) < 4.78 is 1.86. The van der Waals surface area contributed by atoms with Gasteiger partial charge < -0.3 is 5.32 Å². The molecule has 1 saturated carbocycles. The second-order valence-electron chi connectivity index (χ2n) is 7.44. The van der Waals surface area contributed by atoms with Crippen molar-refractivity contribution in [2.45, 2.75) is 58.3 Å². The number of fused-ring (bicyclic) bond motifs is 1. The number of anilines is 2. The fourth-order valence-electron chi connectivity index (χ4n) is 4.58. The van der Waals surface area contributed by atoms with Crippen LogP contribution >= 0.6 is 0 Å². The average Bonchev–Trinajstić information content (AvgIpc) is 3.00. The van der Waals surface area contributed by atoms with Crippen molar-refractivity contribution >= 4 is 11.5 Å². The molecule has 2 aromatic rings. The molecule has 3 nitrogen and oxygen atoms in total. The van der Waals surface area contributed by atoms with E-state index in [1.165, 1.54) is 49.8 Å². The van der Waals surface area contributed by atoms with Crippen molar-refractivity contribution in [3.63, 3.8) is 0 Å². The van der Waals surface area contributed by atoms with Crippen molar-refractivity contribution in [3.05, 3.63) is 41.6 Å². The van der Waals surface area contributed by atoms with E-state index in [9.17, 15) is 0 Å². The summed E-state index contributed by atoms with van der Waals surface area (Å²) in [6, 6.07) is 13.5. The van der Waals surface area contributed by atoms with E-state index < -0.39 is 0 Å². The second kappa shape index (κ2) is 7.35. The van der Waals surface area contributed by atoms with Gasteiger partial charge in [0.15, 0.2) is 0 Å². The van der Waals surface area contributed by atoms with Gasteiger partial charge in [0.05, 0.1) is 5.69 Å². The molecule has 1 atom stereocenters. The summed E-state index contributed by atoms with van der Waals surface area (Å²) in [7, 11) is 0. The molecule has 25 heavy (non-hydrogen) atoms. The molecule has 130 valence electrons. The molecule has 3 heteroatoms. The molecule has 0 aliphatic heterocycles. The molecule has 1 unspecified atom stereocenters. The van der Waals surface area contributed by atoms with Crippen LogP contribution in [0.25, 0.3) is 0 Å². The lowest BCUT2D eigenvalue weighted by Crippen LogP contribution is -2.24. The molecular formula is C22H27N3. The third-order valence-corrected chi connectivity index (χ3v) is 5.86. The Morgan fingerprint density at radius 1 is 1.04 bits per heavy atom. The first-order valence-electron chi connectivity index (χ1n) is 9.70. The molecule has 2 aliphatic carbocycles. The Morgan fingerprint density at radius 3 is 2.60 bits per heavy atom. The molecule has 1 aromatic carbocycles. The molecule has 1 aromatic heterocycles. The zero-order valence-corrected chi connectivity index (χ0v) is 15.1. The van der Waals surface area contributed by atoms with Crippen LogP contribution in [0.1, 0.15) is 56.7 Å².